The van der Waals surface area contributed by atoms with Gasteiger partial charge in [-0.25, -0.2) is 0 Å². The summed E-state index contributed by atoms with van der Waals surface area (Å²) in [5, 5.41) is 4.26. The summed E-state index contributed by atoms with van der Waals surface area (Å²) < 4.78 is 0. The number of piperazine rings is 1. The molecule has 1 saturated heterocycles. The molecule has 1 aliphatic heterocycles. The molecule has 0 bridgehead atoms. The Bertz CT molecular complexity index is 379. The average Bonchev–Trinajstić information content (AvgIpc) is 2.37. The van der Waals surface area contributed by atoms with Crippen molar-refractivity contribution < 1.29 is 0 Å². The van der Waals surface area contributed by atoms with E-state index >= 15 is 0 Å². The van der Waals surface area contributed by atoms with E-state index in [0.717, 1.165) is 31.2 Å². The fourth-order valence-corrected chi connectivity index (χ4v) is 2.85. The van der Waals surface area contributed by atoms with Crippen LogP contribution in [0.5, 0.6) is 0 Å². The lowest BCUT2D eigenvalue weighted by molar-refractivity contribution is 0.154. The molecule has 1 fully saturated rings. The van der Waals surface area contributed by atoms with Crippen molar-refractivity contribution in [3.8, 4) is 0 Å². The minimum atomic E-state index is 0. The lowest BCUT2D eigenvalue weighted by Gasteiger charge is -2.36. The van der Waals surface area contributed by atoms with Gasteiger partial charge in [0.2, 0.25) is 0 Å². The van der Waals surface area contributed by atoms with Crippen molar-refractivity contribution in [3.63, 3.8) is 0 Å². The van der Waals surface area contributed by atoms with Gasteiger partial charge in [-0.05, 0) is 30.0 Å². The third-order valence-electron chi connectivity index (χ3n) is 3.52. The topological polar surface area (TPSA) is 15.3 Å². The number of halogens is 3. The number of nitrogens with one attached hydrogen (secondary N) is 1. The van der Waals surface area contributed by atoms with Crippen molar-refractivity contribution in [1.29, 1.82) is 0 Å². The van der Waals surface area contributed by atoms with Gasteiger partial charge in [0, 0.05) is 37.2 Å². The Balaban J connectivity index is 0.00000180. The molecule has 1 atom stereocenters. The first-order valence-electron chi connectivity index (χ1n) is 6.87. The molecule has 116 valence electrons. The van der Waals surface area contributed by atoms with Gasteiger partial charge < -0.3 is 5.32 Å². The van der Waals surface area contributed by atoms with Gasteiger partial charge in [-0.3, -0.25) is 4.90 Å². The number of hydrogen-bond acceptors (Lipinski definition) is 2. The monoisotopic (exact) mass is 338 g/mol. The van der Waals surface area contributed by atoms with Crippen LogP contribution in [0.2, 0.25) is 5.02 Å². The van der Waals surface area contributed by atoms with Crippen LogP contribution in [0.3, 0.4) is 0 Å². The standard InChI is InChI=1S/C15H23ClN2.2ClH/c1-12(2)10-15(18-8-6-17-7-9-18)13-4-3-5-14(16)11-13;;/h3-5,11-12,15,17H,6-10H2,1-2H3;2*1H/t15-;;/m1../s1. The summed E-state index contributed by atoms with van der Waals surface area (Å²) in [5.41, 5.74) is 1.36. The molecule has 1 aromatic carbocycles. The Morgan fingerprint density at radius 3 is 2.40 bits per heavy atom. The van der Waals surface area contributed by atoms with Crippen LogP contribution in [0.4, 0.5) is 0 Å². The summed E-state index contributed by atoms with van der Waals surface area (Å²) >= 11 is 6.13. The van der Waals surface area contributed by atoms with E-state index in [2.05, 4.69) is 42.3 Å². The second-order valence-corrected chi connectivity index (χ2v) is 5.92. The number of benzene rings is 1. The molecule has 0 aliphatic carbocycles. The Morgan fingerprint density at radius 1 is 1.20 bits per heavy atom. The molecule has 1 aromatic rings. The SMILES string of the molecule is CC(C)C[C@H](c1cccc(Cl)c1)N1CCNCC1.Cl.Cl. The number of rotatable bonds is 4. The van der Waals surface area contributed by atoms with Crippen LogP contribution in [0.15, 0.2) is 24.3 Å². The van der Waals surface area contributed by atoms with Gasteiger partial charge in [0.25, 0.3) is 0 Å². The number of hydrogen-bond donors (Lipinski definition) is 1. The molecule has 0 amide bonds. The zero-order valence-corrected chi connectivity index (χ0v) is 14.5. The van der Waals surface area contributed by atoms with Crippen LogP contribution in [0, 0.1) is 5.92 Å². The van der Waals surface area contributed by atoms with Gasteiger partial charge in [-0.2, -0.15) is 0 Å². The highest BCUT2D eigenvalue weighted by Gasteiger charge is 2.22. The van der Waals surface area contributed by atoms with E-state index in [1.165, 1.54) is 12.0 Å². The van der Waals surface area contributed by atoms with Crippen LogP contribution in [0.1, 0.15) is 31.9 Å². The molecule has 1 N–H and O–H groups in total. The van der Waals surface area contributed by atoms with Crippen molar-refractivity contribution in [1.82, 2.24) is 10.2 Å². The van der Waals surface area contributed by atoms with Crippen molar-refractivity contribution in [3.05, 3.63) is 34.9 Å². The van der Waals surface area contributed by atoms with Gasteiger partial charge in [-0.1, -0.05) is 37.6 Å². The molecule has 0 aromatic heterocycles. The lowest BCUT2D eigenvalue weighted by atomic mass is 9.95. The summed E-state index contributed by atoms with van der Waals surface area (Å²) in [5.74, 6) is 0.698. The molecular formula is C15H25Cl3N2. The lowest BCUT2D eigenvalue weighted by Crippen LogP contribution is -2.45. The van der Waals surface area contributed by atoms with Crippen molar-refractivity contribution in [2.75, 3.05) is 26.2 Å². The molecule has 2 nitrogen and oxygen atoms in total. The summed E-state index contributed by atoms with van der Waals surface area (Å²) in [4.78, 5) is 2.59. The fourth-order valence-electron chi connectivity index (χ4n) is 2.65. The summed E-state index contributed by atoms with van der Waals surface area (Å²) in [6, 6.07) is 8.85. The molecular weight excluding hydrogens is 315 g/mol. The first-order valence-corrected chi connectivity index (χ1v) is 7.25. The van der Waals surface area contributed by atoms with Gasteiger partial charge >= 0.3 is 0 Å². The first-order chi connectivity index (χ1) is 8.66. The van der Waals surface area contributed by atoms with E-state index in [0.29, 0.717) is 12.0 Å². The Labute approximate surface area is 140 Å². The summed E-state index contributed by atoms with van der Waals surface area (Å²) in [7, 11) is 0. The van der Waals surface area contributed by atoms with E-state index < -0.39 is 0 Å². The quantitative estimate of drug-likeness (QED) is 0.885. The largest absolute Gasteiger partial charge is 0.314 e. The van der Waals surface area contributed by atoms with Crippen LogP contribution in [0.25, 0.3) is 0 Å². The molecule has 5 heteroatoms. The third-order valence-corrected chi connectivity index (χ3v) is 3.76. The minimum absolute atomic E-state index is 0. The smallest absolute Gasteiger partial charge is 0.0409 e. The normalized spacial score (nSPS) is 17.2. The predicted molar refractivity (Wildman–Crippen MR) is 92.6 cm³/mol. The Hall–Kier alpha value is 0.01000. The Kier molecular flexibility index (Phi) is 9.86. The zero-order valence-electron chi connectivity index (χ0n) is 12.1. The van der Waals surface area contributed by atoms with E-state index in [1.807, 2.05) is 6.07 Å². The van der Waals surface area contributed by atoms with Crippen LogP contribution < -0.4 is 5.32 Å². The highest BCUT2D eigenvalue weighted by molar-refractivity contribution is 6.30. The van der Waals surface area contributed by atoms with Gasteiger partial charge in [0.15, 0.2) is 0 Å². The number of nitrogens with zero attached hydrogens (tertiary/aromatic N) is 1. The summed E-state index contributed by atoms with van der Waals surface area (Å²) in [6.07, 6.45) is 1.19. The molecule has 1 aliphatic rings. The fraction of sp³-hybridized carbons (Fsp3) is 0.600. The second kappa shape index (κ2) is 9.86. The minimum Gasteiger partial charge on any atom is -0.314 e. The van der Waals surface area contributed by atoms with Gasteiger partial charge in [0.05, 0.1) is 0 Å². The van der Waals surface area contributed by atoms with Crippen LogP contribution in [-0.4, -0.2) is 31.1 Å². The van der Waals surface area contributed by atoms with Crippen molar-refractivity contribution >= 4 is 36.4 Å². The van der Waals surface area contributed by atoms with E-state index in [4.69, 9.17) is 11.6 Å². The van der Waals surface area contributed by atoms with E-state index in [-0.39, 0.29) is 24.8 Å². The highest BCUT2D eigenvalue weighted by Crippen LogP contribution is 2.29. The van der Waals surface area contributed by atoms with Crippen molar-refractivity contribution in [2.45, 2.75) is 26.3 Å². The Morgan fingerprint density at radius 2 is 1.85 bits per heavy atom. The molecule has 1 heterocycles. The van der Waals surface area contributed by atoms with Crippen molar-refractivity contribution in [2.24, 2.45) is 5.92 Å². The van der Waals surface area contributed by atoms with Crippen LogP contribution >= 0.6 is 36.4 Å². The first kappa shape index (κ1) is 20.0. The molecule has 0 spiro atoms. The zero-order chi connectivity index (χ0) is 13.0. The van der Waals surface area contributed by atoms with Crippen LogP contribution in [-0.2, 0) is 0 Å². The van der Waals surface area contributed by atoms with E-state index in [9.17, 15) is 0 Å². The maximum Gasteiger partial charge on any atom is 0.0409 e. The average molecular weight is 340 g/mol. The third kappa shape index (κ3) is 5.79. The van der Waals surface area contributed by atoms with Gasteiger partial charge in [-0.15, -0.1) is 24.8 Å². The molecule has 2 rings (SSSR count). The second-order valence-electron chi connectivity index (χ2n) is 5.49. The molecule has 0 saturated carbocycles. The molecule has 20 heavy (non-hydrogen) atoms. The summed E-state index contributed by atoms with van der Waals surface area (Å²) in [6.45, 7) is 9.03. The molecule has 0 unspecified atom stereocenters. The van der Waals surface area contributed by atoms with Gasteiger partial charge in [0.1, 0.15) is 0 Å². The predicted octanol–water partition coefficient (Wildman–Crippen LogP) is 4.18. The maximum atomic E-state index is 6.13. The molecule has 0 radical (unpaired) electrons. The highest BCUT2D eigenvalue weighted by atomic mass is 35.5. The maximum absolute atomic E-state index is 6.13. The van der Waals surface area contributed by atoms with E-state index in [1.54, 1.807) is 0 Å².